The van der Waals surface area contributed by atoms with Crippen molar-refractivity contribution in [2.24, 2.45) is 0 Å². The molecular weight excluding hydrogens is 800 g/mol. The van der Waals surface area contributed by atoms with Crippen molar-refractivity contribution in [1.29, 1.82) is 0 Å². The van der Waals surface area contributed by atoms with E-state index in [1.54, 1.807) is 24.3 Å². The van der Waals surface area contributed by atoms with Crippen LogP contribution in [-0.2, 0) is 18.9 Å². The van der Waals surface area contributed by atoms with Gasteiger partial charge in [-0.05, 0) is 97.8 Å². The molecule has 1 aliphatic carbocycles. The first-order valence-corrected chi connectivity index (χ1v) is 21.0. The van der Waals surface area contributed by atoms with Gasteiger partial charge in [0.2, 0.25) is 11.8 Å². The zero-order chi connectivity index (χ0) is 42.2. The van der Waals surface area contributed by atoms with Crippen molar-refractivity contribution in [1.82, 2.24) is 30.2 Å². The molecule has 60 heavy (non-hydrogen) atoms. The molecule has 9 rings (SSSR count). The lowest BCUT2D eigenvalue weighted by atomic mass is 10.0. The molecule has 19 heteroatoms. The van der Waals surface area contributed by atoms with E-state index < -0.39 is 72.7 Å². The smallest absolute Gasteiger partial charge is 0.355 e. The lowest BCUT2D eigenvalue weighted by Crippen LogP contribution is -2.62. The second-order valence-corrected chi connectivity index (χ2v) is 17.3. The van der Waals surface area contributed by atoms with Gasteiger partial charge in [0.1, 0.15) is 17.6 Å². The fourth-order valence-corrected chi connectivity index (χ4v) is 9.20. The number of amides is 7. The molecule has 308 valence electrons. The van der Waals surface area contributed by atoms with Gasteiger partial charge in [0.25, 0.3) is 23.6 Å². The molecule has 1 saturated carbocycles. The topological polar surface area (TPSA) is 224 Å². The fraction of sp³-hybridized carbons (Fsp3) is 0.317. The number of halogens is 1. The fourth-order valence-electron chi connectivity index (χ4n) is 8.65. The van der Waals surface area contributed by atoms with E-state index in [2.05, 4.69) is 15.5 Å². The largest absolute Gasteiger partial charge is 0.363 e. The maximum atomic E-state index is 14.9. The maximum Gasteiger partial charge on any atom is 0.363 e. The van der Waals surface area contributed by atoms with Gasteiger partial charge in [0, 0.05) is 24.3 Å². The van der Waals surface area contributed by atoms with Crippen LogP contribution in [0.4, 0.5) is 14.9 Å². The molecule has 5 heterocycles. The van der Waals surface area contributed by atoms with E-state index in [1.165, 1.54) is 58.6 Å². The van der Waals surface area contributed by atoms with Crippen LogP contribution in [0.1, 0.15) is 70.0 Å². The third-order valence-corrected chi connectivity index (χ3v) is 12.7. The molecule has 3 aromatic carbocycles. The number of anilines is 1. The summed E-state index contributed by atoms with van der Waals surface area (Å²) < 4.78 is 31.7. The van der Waals surface area contributed by atoms with E-state index in [1.807, 2.05) is 13.0 Å². The minimum Gasteiger partial charge on any atom is -0.355 e. The Balaban J connectivity index is 1.04. The number of carbonyl (C=O) groups excluding carboxylic acids is 6. The molecule has 3 aliphatic heterocycles. The van der Waals surface area contributed by atoms with Gasteiger partial charge in [0.05, 0.1) is 23.8 Å². The highest BCUT2D eigenvalue weighted by atomic mass is 31.2. The molecule has 5 aromatic rings. The number of hydrogen-bond donors (Lipinski definition) is 3. The molecule has 0 radical (unpaired) electrons. The number of urea groups is 1. The predicted molar refractivity (Wildman–Crippen MR) is 210 cm³/mol. The number of fused-ring (bicyclic) bond motifs is 3. The average molecular weight is 838 g/mol. The van der Waals surface area contributed by atoms with Crippen molar-refractivity contribution >= 4 is 70.6 Å². The number of hydrogen-bond acceptors (Lipinski definition) is 10. The molecule has 4 fully saturated rings. The van der Waals surface area contributed by atoms with Crippen molar-refractivity contribution in [2.75, 3.05) is 18.0 Å². The summed E-state index contributed by atoms with van der Waals surface area (Å²) in [7, 11) is -5.13. The lowest BCUT2D eigenvalue weighted by Gasteiger charge is -2.39. The standard InChI is InChI=1S/C41H37FN7O10P/c1-22-4-11-32-29(17-22)33(45-59-32)38(53)46-16-12-27-9-10-31(37(52)49-40(55)48(28-3-2-15-43-20-28)39(54)41(49)13-14-41)47(27)36(51)30(21-46)44-35(50)25-8-6-23-5-7-24(18-26(23)19-25)34(42)60(56,57)58/h2-8,11,15,17-20,27,30-31,34H,9-10,12-14,16,21H2,1H3,(H,44,50)(H2,56,57,58)/t27-,30+,31+,34-/m1/s1. The molecule has 4 atom stereocenters. The Morgan fingerprint density at radius 1 is 0.983 bits per heavy atom. The summed E-state index contributed by atoms with van der Waals surface area (Å²) >= 11 is 0. The number of nitrogens with zero attached hydrogens (tertiary/aromatic N) is 6. The minimum atomic E-state index is -5.13. The molecule has 1 spiro atoms. The van der Waals surface area contributed by atoms with Crippen molar-refractivity contribution in [2.45, 2.75) is 68.6 Å². The number of alkyl halides is 1. The Hall–Kier alpha value is -6.36. The second kappa shape index (κ2) is 14.4. The van der Waals surface area contributed by atoms with Crippen molar-refractivity contribution < 1.29 is 52.0 Å². The van der Waals surface area contributed by atoms with Gasteiger partial charge in [0.15, 0.2) is 11.3 Å². The van der Waals surface area contributed by atoms with Crippen molar-refractivity contribution in [3.63, 3.8) is 0 Å². The van der Waals surface area contributed by atoms with Crippen LogP contribution in [0.25, 0.3) is 21.7 Å². The van der Waals surface area contributed by atoms with Crippen LogP contribution in [-0.4, -0.2) is 107 Å². The highest BCUT2D eigenvalue weighted by molar-refractivity contribution is 7.51. The molecule has 4 aliphatic rings. The van der Waals surface area contributed by atoms with Crippen molar-refractivity contribution in [3.8, 4) is 0 Å². The van der Waals surface area contributed by atoms with Crippen LogP contribution in [0.5, 0.6) is 0 Å². The van der Waals surface area contributed by atoms with Crippen LogP contribution in [0.15, 0.2) is 83.6 Å². The SMILES string of the molecule is Cc1ccc2onc(C(=O)N3CC[C@H]4CC[C@@H](C(=O)N5C(=O)N(c6cccnc6)C(=O)C56CC6)N4C(=O)[C@@H](NC(=O)c4ccc5ccc([C@H](F)P(=O)(O)O)cc5c4)C3)c2c1. The number of benzene rings is 3. The number of aryl methyl sites for hydroxylation is 1. The van der Waals surface area contributed by atoms with Gasteiger partial charge in [-0.1, -0.05) is 35.0 Å². The quantitative estimate of drug-likeness (QED) is 0.154. The summed E-state index contributed by atoms with van der Waals surface area (Å²) in [6.07, 6.45) is 4.07. The molecule has 0 unspecified atom stereocenters. The first-order chi connectivity index (χ1) is 28.7. The molecule has 3 saturated heterocycles. The van der Waals surface area contributed by atoms with Crippen LogP contribution in [0.2, 0.25) is 0 Å². The number of rotatable bonds is 7. The highest BCUT2D eigenvalue weighted by Crippen LogP contribution is 2.53. The maximum absolute atomic E-state index is 14.9. The third kappa shape index (κ3) is 6.51. The van der Waals surface area contributed by atoms with E-state index in [4.69, 9.17) is 4.52 Å². The number of nitrogens with one attached hydrogen (secondary N) is 1. The highest BCUT2D eigenvalue weighted by Gasteiger charge is 2.68. The molecule has 0 bridgehead atoms. The molecular formula is C41H37FN7O10P. The van der Waals surface area contributed by atoms with E-state index in [9.17, 15) is 47.5 Å². The number of carbonyl (C=O) groups is 6. The van der Waals surface area contributed by atoms with E-state index >= 15 is 0 Å². The Morgan fingerprint density at radius 3 is 2.50 bits per heavy atom. The minimum absolute atomic E-state index is 0.00915. The first-order valence-electron chi connectivity index (χ1n) is 19.3. The van der Waals surface area contributed by atoms with Crippen LogP contribution in [0, 0.1) is 6.92 Å². The summed E-state index contributed by atoms with van der Waals surface area (Å²) in [5, 5.41) is 8.08. The van der Waals surface area contributed by atoms with Crippen LogP contribution < -0.4 is 10.2 Å². The molecule has 7 amide bonds. The zero-order valence-electron chi connectivity index (χ0n) is 31.9. The summed E-state index contributed by atoms with van der Waals surface area (Å²) in [5.41, 5.74) is -0.211. The molecule has 2 aromatic heterocycles. The van der Waals surface area contributed by atoms with Gasteiger partial charge >= 0.3 is 13.6 Å². The molecule has 17 nitrogen and oxygen atoms in total. The van der Waals surface area contributed by atoms with Gasteiger partial charge in [-0.2, -0.15) is 0 Å². The van der Waals surface area contributed by atoms with E-state index in [-0.39, 0.29) is 66.7 Å². The number of aromatic nitrogens is 2. The van der Waals surface area contributed by atoms with Crippen molar-refractivity contribution in [3.05, 3.63) is 102 Å². The Kier molecular flexibility index (Phi) is 9.41. The van der Waals surface area contributed by atoms with Crippen LogP contribution in [0.3, 0.4) is 0 Å². The number of pyridine rings is 1. The Bertz CT molecular complexity index is 2700. The lowest BCUT2D eigenvalue weighted by molar-refractivity contribution is -0.147. The Morgan fingerprint density at radius 2 is 1.77 bits per heavy atom. The van der Waals surface area contributed by atoms with Crippen LogP contribution >= 0.6 is 7.60 Å². The van der Waals surface area contributed by atoms with E-state index in [0.29, 0.717) is 22.8 Å². The van der Waals surface area contributed by atoms with E-state index in [0.717, 1.165) is 15.4 Å². The summed E-state index contributed by atoms with van der Waals surface area (Å²) in [4.78, 5) is 113. The number of imide groups is 2. The van der Waals surface area contributed by atoms with Gasteiger partial charge in [-0.3, -0.25) is 33.5 Å². The Labute approximate surface area is 340 Å². The van der Waals surface area contributed by atoms with Gasteiger partial charge in [-0.15, -0.1) is 0 Å². The summed E-state index contributed by atoms with van der Waals surface area (Å²) in [5.74, 6) is -5.88. The normalized spacial score (nSPS) is 22.0. The second-order valence-electron chi connectivity index (χ2n) is 15.7. The van der Waals surface area contributed by atoms with Gasteiger partial charge in [-0.25, -0.2) is 19.0 Å². The van der Waals surface area contributed by atoms with Gasteiger partial charge < -0.3 is 29.4 Å². The first kappa shape index (κ1) is 39.1. The monoisotopic (exact) mass is 837 g/mol. The average Bonchev–Trinajstić information content (AvgIpc) is 3.64. The molecule has 3 N–H and O–H groups in total. The predicted octanol–water partition coefficient (Wildman–Crippen LogP) is 4.36. The zero-order valence-corrected chi connectivity index (χ0v) is 32.8. The summed E-state index contributed by atoms with van der Waals surface area (Å²) in [6.45, 7) is 1.59. The third-order valence-electron chi connectivity index (χ3n) is 11.9. The summed E-state index contributed by atoms with van der Waals surface area (Å²) in [6, 6.07) is 12.6.